The van der Waals surface area contributed by atoms with Crippen LogP contribution in [0.25, 0.3) is 0 Å². The topological polar surface area (TPSA) is 38.9 Å². The second-order valence-corrected chi connectivity index (χ2v) is 4.05. The molecule has 0 radical (unpaired) electrons. The molecule has 0 unspecified atom stereocenters. The molecule has 1 rings (SSSR count). The van der Waals surface area contributed by atoms with Crippen LogP contribution in [0.3, 0.4) is 0 Å². The second-order valence-electron chi connectivity index (χ2n) is 4.05. The molecular formula is C12H22N2. The fourth-order valence-electron chi connectivity index (χ4n) is 0.519. The largest absolute Gasteiger partial charge is 0.326 e. The first kappa shape index (κ1) is 13.1. The van der Waals surface area contributed by atoms with Crippen LogP contribution in [0.4, 0.5) is 0 Å². The molecule has 0 saturated carbocycles. The predicted octanol–water partition coefficient (Wildman–Crippen LogP) is 2.84. The van der Waals surface area contributed by atoms with Gasteiger partial charge in [0.25, 0.3) is 0 Å². The maximum Gasteiger partial charge on any atom is 0.0312 e. The quantitative estimate of drug-likeness (QED) is 0.786. The number of pyridine rings is 1. The number of rotatable bonds is 2. The standard InChI is InChI=1S/C6H8N2.C6H14/c7-4-6-2-1-3-8-5-6;1-5(2)6(3)4/h1-3,5H,4,7H2;5-6H,1-4H3. The van der Waals surface area contributed by atoms with Gasteiger partial charge in [-0.05, 0) is 23.5 Å². The molecule has 2 heteroatoms. The summed E-state index contributed by atoms with van der Waals surface area (Å²) in [4.78, 5) is 3.88. The molecule has 1 heterocycles. The highest BCUT2D eigenvalue weighted by atomic mass is 14.6. The van der Waals surface area contributed by atoms with E-state index in [1.165, 1.54) is 0 Å². The van der Waals surface area contributed by atoms with Crippen LogP contribution in [-0.2, 0) is 6.54 Å². The predicted molar refractivity (Wildman–Crippen MR) is 61.8 cm³/mol. The number of nitrogens with two attached hydrogens (primary N) is 1. The van der Waals surface area contributed by atoms with Crippen molar-refractivity contribution in [3.63, 3.8) is 0 Å². The van der Waals surface area contributed by atoms with E-state index in [2.05, 4.69) is 32.7 Å². The molecule has 1 aromatic heterocycles. The zero-order valence-corrected chi connectivity index (χ0v) is 9.70. The van der Waals surface area contributed by atoms with Crippen LogP contribution in [0.2, 0.25) is 0 Å². The number of hydrogen-bond donors (Lipinski definition) is 1. The van der Waals surface area contributed by atoms with Gasteiger partial charge in [0.05, 0.1) is 0 Å². The first-order valence-electron chi connectivity index (χ1n) is 5.16. The molecule has 0 atom stereocenters. The van der Waals surface area contributed by atoms with Gasteiger partial charge in [0.2, 0.25) is 0 Å². The lowest BCUT2D eigenvalue weighted by Gasteiger charge is -2.05. The SMILES string of the molecule is CC(C)C(C)C.NCc1cccnc1. The Kier molecular flexibility index (Phi) is 7.03. The molecule has 0 aromatic carbocycles. The first-order chi connectivity index (χ1) is 6.57. The molecule has 0 aliphatic rings. The van der Waals surface area contributed by atoms with Gasteiger partial charge in [0.15, 0.2) is 0 Å². The van der Waals surface area contributed by atoms with E-state index >= 15 is 0 Å². The average molecular weight is 194 g/mol. The van der Waals surface area contributed by atoms with Crippen molar-refractivity contribution in [3.8, 4) is 0 Å². The summed E-state index contributed by atoms with van der Waals surface area (Å²) < 4.78 is 0. The van der Waals surface area contributed by atoms with E-state index in [1.54, 1.807) is 12.4 Å². The van der Waals surface area contributed by atoms with E-state index in [0.717, 1.165) is 17.4 Å². The van der Waals surface area contributed by atoms with E-state index in [4.69, 9.17) is 5.73 Å². The highest BCUT2D eigenvalue weighted by Gasteiger charge is 1.95. The molecule has 14 heavy (non-hydrogen) atoms. The van der Waals surface area contributed by atoms with Crippen molar-refractivity contribution >= 4 is 0 Å². The lowest BCUT2D eigenvalue weighted by atomic mass is 10.0. The van der Waals surface area contributed by atoms with Gasteiger partial charge in [-0.15, -0.1) is 0 Å². The highest BCUT2D eigenvalue weighted by Crippen LogP contribution is 2.05. The Balaban J connectivity index is 0.000000255. The number of nitrogens with zero attached hydrogens (tertiary/aromatic N) is 1. The summed E-state index contributed by atoms with van der Waals surface area (Å²) in [7, 11) is 0. The van der Waals surface area contributed by atoms with Gasteiger partial charge in [-0.1, -0.05) is 33.8 Å². The third kappa shape index (κ3) is 6.61. The normalized spacial score (nSPS) is 9.93. The van der Waals surface area contributed by atoms with Gasteiger partial charge >= 0.3 is 0 Å². The minimum Gasteiger partial charge on any atom is -0.326 e. The summed E-state index contributed by atoms with van der Waals surface area (Å²) in [6, 6.07) is 3.83. The number of aromatic nitrogens is 1. The van der Waals surface area contributed by atoms with Gasteiger partial charge in [0, 0.05) is 18.9 Å². The van der Waals surface area contributed by atoms with Crippen molar-refractivity contribution < 1.29 is 0 Å². The van der Waals surface area contributed by atoms with E-state index < -0.39 is 0 Å². The van der Waals surface area contributed by atoms with Crippen LogP contribution >= 0.6 is 0 Å². The fourth-order valence-corrected chi connectivity index (χ4v) is 0.519. The maximum absolute atomic E-state index is 5.31. The summed E-state index contributed by atoms with van der Waals surface area (Å²) in [5, 5.41) is 0. The Morgan fingerprint density at radius 3 is 2.00 bits per heavy atom. The van der Waals surface area contributed by atoms with Crippen LogP contribution in [0.15, 0.2) is 24.5 Å². The summed E-state index contributed by atoms with van der Waals surface area (Å²) in [6.45, 7) is 9.54. The van der Waals surface area contributed by atoms with Crippen LogP contribution in [0.1, 0.15) is 33.3 Å². The first-order valence-corrected chi connectivity index (χ1v) is 5.16. The lowest BCUT2D eigenvalue weighted by Crippen LogP contribution is -1.95. The van der Waals surface area contributed by atoms with Gasteiger partial charge in [-0.3, -0.25) is 4.98 Å². The Morgan fingerprint density at radius 2 is 1.79 bits per heavy atom. The van der Waals surface area contributed by atoms with Gasteiger partial charge in [-0.25, -0.2) is 0 Å². The maximum atomic E-state index is 5.31. The minimum absolute atomic E-state index is 0.577. The molecule has 0 spiro atoms. The molecule has 2 nitrogen and oxygen atoms in total. The van der Waals surface area contributed by atoms with Crippen LogP contribution < -0.4 is 5.73 Å². The fraction of sp³-hybridized carbons (Fsp3) is 0.583. The molecule has 80 valence electrons. The summed E-state index contributed by atoms with van der Waals surface area (Å²) in [5.41, 5.74) is 6.39. The van der Waals surface area contributed by atoms with Crippen molar-refractivity contribution in [2.75, 3.05) is 0 Å². The van der Waals surface area contributed by atoms with Crippen molar-refractivity contribution in [2.24, 2.45) is 17.6 Å². The monoisotopic (exact) mass is 194 g/mol. The molecule has 0 aliphatic carbocycles. The van der Waals surface area contributed by atoms with E-state index in [0.29, 0.717) is 6.54 Å². The third-order valence-corrected chi connectivity index (χ3v) is 2.29. The summed E-state index contributed by atoms with van der Waals surface area (Å²) in [6.07, 6.45) is 3.50. The van der Waals surface area contributed by atoms with Crippen molar-refractivity contribution in [3.05, 3.63) is 30.1 Å². The van der Waals surface area contributed by atoms with Crippen LogP contribution in [0.5, 0.6) is 0 Å². The molecule has 0 aliphatic heterocycles. The van der Waals surface area contributed by atoms with Crippen molar-refractivity contribution in [1.82, 2.24) is 4.98 Å². The van der Waals surface area contributed by atoms with Crippen LogP contribution in [0, 0.1) is 11.8 Å². The van der Waals surface area contributed by atoms with E-state index in [-0.39, 0.29) is 0 Å². The molecule has 0 fully saturated rings. The van der Waals surface area contributed by atoms with E-state index in [9.17, 15) is 0 Å². The van der Waals surface area contributed by atoms with Gasteiger partial charge < -0.3 is 5.73 Å². The summed E-state index contributed by atoms with van der Waals surface area (Å²) >= 11 is 0. The van der Waals surface area contributed by atoms with Gasteiger partial charge in [-0.2, -0.15) is 0 Å². The minimum atomic E-state index is 0.577. The second kappa shape index (κ2) is 7.51. The van der Waals surface area contributed by atoms with Gasteiger partial charge in [0.1, 0.15) is 0 Å². The highest BCUT2D eigenvalue weighted by molar-refractivity contribution is 5.06. The van der Waals surface area contributed by atoms with Crippen molar-refractivity contribution in [1.29, 1.82) is 0 Å². The molecule has 0 saturated heterocycles. The molecule has 1 aromatic rings. The molecule has 0 amide bonds. The third-order valence-electron chi connectivity index (χ3n) is 2.29. The smallest absolute Gasteiger partial charge is 0.0312 e. The average Bonchev–Trinajstić information content (AvgIpc) is 2.20. The van der Waals surface area contributed by atoms with E-state index in [1.807, 2.05) is 12.1 Å². The molecule has 2 N–H and O–H groups in total. The number of hydrogen-bond acceptors (Lipinski definition) is 2. The van der Waals surface area contributed by atoms with Crippen molar-refractivity contribution in [2.45, 2.75) is 34.2 Å². The Hall–Kier alpha value is -0.890. The summed E-state index contributed by atoms with van der Waals surface area (Å²) in [5.74, 6) is 1.70. The molecular weight excluding hydrogens is 172 g/mol. The molecule has 0 bridgehead atoms. The zero-order valence-electron chi connectivity index (χ0n) is 9.70. The Labute approximate surface area is 87.6 Å². The lowest BCUT2D eigenvalue weighted by molar-refractivity contribution is 0.457. The van der Waals surface area contributed by atoms with Crippen LogP contribution in [-0.4, -0.2) is 4.98 Å². The zero-order chi connectivity index (χ0) is 11.0. The Bertz CT molecular complexity index is 211. The Morgan fingerprint density at radius 1 is 1.21 bits per heavy atom.